The standard InChI is InChI=1S/C26H28ClFN2O4S2/c1-3-34-21-11-13-22(14-12-21)36(32,33)30(20-9-7-19(2)8-10-20)17-26(31)29-15-16-35-18-23-24(27)5-4-6-25(23)28/h4-14H,3,15-18H2,1-2H3,(H,29,31). The number of benzene rings is 3. The molecule has 3 aromatic carbocycles. The maximum Gasteiger partial charge on any atom is 0.264 e. The van der Waals surface area contributed by atoms with Crippen molar-refractivity contribution in [2.24, 2.45) is 0 Å². The number of nitrogens with zero attached hydrogens (tertiary/aromatic N) is 1. The summed E-state index contributed by atoms with van der Waals surface area (Å²) in [7, 11) is -4.02. The van der Waals surface area contributed by atoms with Gasteiger partial charge in [-0.15, -0.1) is 0 Å². The van der Waals surface area contributed by atoms with Crippen LogP contribution in [0, 0.1) is 12.7 Å². The Labute approximate surface area is 220 Å². The normalized spacial score (nSPS) is 11.2. The Balaban J connectivity index is 1.66. The van der Waals surface area contributed by atoms with Crippen LogP contribution in [-0.2, 0) is 20.6 Å². The summed E-state index contributed by atoms with van der Waals surface area (Å²) in [5.41, 5.74) is 1.77. The van der Waals surface area contributed by atoms with Crippen molar-refractivity contribution in [2.75, 3.05) is 29.8 Å². The third-order valence-electron chi connectivity index (χ3n) is 5.21. The van der Waals surface area contributed by atoms with Crippen molar-refractivity contribution >= 4 is 45.0 Å². The quantitative estimate of drug-likeness (QED) is 0.304. The van der Waals surface area contributed by atoms with Gasteiger partial charge in [0, 0.05) is 28.6 Å². The molecule has 1 amide bonds. The summed E-state index contributed by atoms with van der Waals surface area (Å²) in [5, 5.41) is 3.11. The monoisotopic (exact) mass is 550 g/mol. The number of hydrogen-bond donors (Lipinski definition) is 1. The maximum atomic E-state index is 13.9. The van der Waals surface area contributed by atoms with Crippen LogP contribution < -0.4 is 14.4 Å². The SMILES string of the molecule is CCOc1ccc(S(=O)(=O)N(CC(=O)NCCSCc2c(F)cccc2Cl)c2ccc(C)cc2)cc1. The topological polar surface area (TPSA) is 75.7 Å². The number of rotatable bonds is 12. The predicted octanol–water partition coefficient (Wildman–Crippen LogP) is 5.43. The van der Waals surface area contributed by atoms with Gasteiger partial charge in [0.15, 0.2) is 0 Å². The number of sulfonamides is 1. The molecule has 0 saturated carbocycles. The van der Waals surface area contributed by atoms with Crippen molar-refractivity contribution in [3.63, 3.8) is 0 Å². The van der Waals surface area contributed by atoms with Gasteiger partial charge in [-0.3, -0.25) is 9.10 Å². The molecule has 0 fully saturated rings. The Bertz CT molecular complexity index is 1250. The Morgan fingerprint density at radius 2 is 1.78 bits per heavy atom. The van der Waals surface area contributed by atoms with Crippen LogP contribution in [0.2, 0.25) is 5.02 Å². The first kappa shape index (κ1) is 27.8. The number of carbonyl (C=O) groups excluding carboxylic acids is 1. The van der Waals surface area contributed by atoms with E-state index in [0.29, 0.717) is 46.7 Å². The number of ether oxygens (including phenoxy) is 1. The van der Waals surface area contributed by atoms with Crippen molar-refractivity contribution in [2.45, 2.75) is 24.5 Å². The van der Waals surface area contributed by atoms with Crippen LogP contribution in [0.5, 0.6) is 5.75 Å². The number of halogens is 2. The number of thioether (sulfide) groups is 1. The summed E-state index contributed by atoms with van der Waals surface area (Å²) in [6.07, 6.45) is 0. The molecule has 0 aliphatic carbocycles. The fraction of sp³-hybridized carbons (Fsp3) is 0.269. The molecule has 0 atom stereocenters. The van der Waals surface area contributed by atoms with Gasteiger partial charge in [0.25, 0.3) is 10.0 Å². The van der Waals surface area contributed by atoms with Gasteiger partial charge in [-0.1, -0.05) is 35.4 Å². The molecule has 10 heteroatoms. The number of hydrogen-bond acceptors (Lipinski definition) is 5. The lowest BCUT2D eigenvalue weighted by molar-refractivity contribution is -0.119. The molecular weight excluding hydrogens is 523 g/mol. The molecule has 0 spiro atoms. The van der Waals surface area contributed by atoms with E-state index in [1.165, 1.54) is 30.0 Å². The molecule has 0 aliphatic rings. The smallest absolute Gasteiger partial charge is 0.264 e. The van der Waals surface area contributed by atoms with Crippen LogP contribution in [0.25, 0.3) is 0 Å². The van der Waals surface area contributed by atoms with Gasteiger partial charge in [0.2, 0.25) is 5.91 Å². The second-order valence-corrected chi connectivity index (χ2v) is 11.2. The molecule has 3 aromatic rings. The number of nitrogens with one attached hydrogen (secondary N) is 1. The molecule has 36 heavy (non-hydrogen) atoms. The van der Waals surface area contributed by atoms with Crippen molar-refractivity contribution < 1.29 is 22.3 Å². The summed E-state index contributed by atoms with van der Waals surface area (Å²) in [6, 6.07) is 17.6. The molecule has 1 N–H and O–H groups in total. The van der Waals surface area contributed by atoms with Gasteiger partial charge in [-0.05, 0) is 62.4 Å². The number of aryl methyl sites for hydroxylation is 1. The first-order chi connectivity index (χ1) is 17.2. The van der Waals surface area contributed by atoms with E-state index in [9.17, 15) is 17.6 Å². The Morgan fingerprint density at radius 1 is 1.08 bits per heavy atom. The van der Waals surface area contributed by atoms with E-state index in [2.05, 4.69) is 5.32 Å². The van der Waals surface area contributed by atoms with Crippen LogP contribution in [0.3, 0.4) is 0 Å². The molecule has 0 aliphatic heterocycles. The third-order valence-corrected chi connectivity index (χ3v) is 8.34. The van der Waals surface area contributed by atoms with E-state index in [1.54, 1.807) is 48.5 Å². The second-order valence-electron chi connectivity index (χ2n) is 7.85. The molecule has 6 nitrogen and oxygen atoms in total. The highest BCUT2D eigenvalue weighted by Gasteiger charge is 2.27. The lowest BCUT2D eigenvalue weighted by Gasteiger charge is -2.24. The summed E-state index contributed by atoms with van der Waals surface area (Å²) < 4.78 is 47.3. The van der Waals surface area contributed by atoms with E-state index >= 15 is 0 Å². The largest absolute Gasteiger partial charge is 0.494 e. The van der Waals surface area contributed by atoms with E-state index in [1.807, 2.05) is 13.8 Å². The van der Waals surface area contributed by atoms with Crippen molar-refractivity contribution in [3.05, 3.63) is 88.7 Å². The molecule has 0 bridgehead atoms. The minimum Gasteiger partial charge on any atom is -0.494 e. The Hall–Kier alpha value is -2.75. The molecule has 0 unspecified atom stereocenters. The van der Waals surface area contributed by atoms with Gasteiger partial charge in [-0.2, -0.15) is 11.8 Å². The van der Waals surface area contributed by atoms with Gasteiger partial charge in [0.1, 0.15) is 18.1 Å². The van der Waals surface area contributed by atoms with Gasteiger partial charge in [-0.25, -0.2) is 12.8 Å². The zero-order valence-corrected chi connectivity index (χ0v) is 22.4. The second kappa shape index (κ2) is 13.0. The fourth-order valence-corrected chi connectivity index (χ4v) is 5.94. The highest BCUT2D eigenvalue weighted by atomic mass is 35.5. The lowest BCUT2D eigenvalue weighted by atomic mass is 10.2. The molecular formula is C26H28ClFN2O4S2. The number of anilines is 1. The van der Waals surface area contributed by atoms with Crippen LogP contribution in [0.4, 0.5) is 10.1 Å². The predicted molar refractivity (Wildman–Crippen MR) is 144 cm³/mol. The molecule has 0 saturated heterocycles. The maximum absolute atomic E-state index is 13.9. The summed E-state index contributed by atoms with van der Waals surface area (Å²) in [4.78, 5) is 12.8. The fourth-order valence-electron chi connectivity index (χ4n) is 3.32. The van der Waals surface area contributed by atoms with E-state index in [-0.39, 0.29) is 17.3 Å². The average molecular weight is 551 g/mol. The van der Waals surface area contributed by atoms with Crippen LogP contribution in [-0.4, -0.2) is 39.8 Å². The first-order valence-electron chi connectivity index (χ1n) is 11.3. The van der Waals surface area contributed by atoms with Crippen LogP contribution in [0.1, 0.15) is 18.1 Å². The van der Waals surface area contributed by atoms with Gasteiger partial charge < -0.3 is 10.1 Å². The van der Waals surface area contributed by atoms with Crippen molar-refractivity contribution in [1.29, 1.82) is 0 Å². The Kier molecular flexibility index (Phi) is 10.0. The molecule has 0 heterocycles. The number of carbonyl (C=O) groups is 1. The zero-order valence-electron chi connectivity index (χ0n) is 20.0. The summed E-state index contributed by atoms with van der Waals surface area (Å²) in [6.45, 7) is 4.11. The van der Waals surface area contributed by atoms with E-state index in [0.717, 1.165) is 9.87 Å². The first-order valence-corrected chi connectivity index (χ1v) is 14.3. The average Bonchev–Trinajstić information content (AvgIpc) is 2.85. The molecule has 0 aromatic heterocycles. The van der Waals surface area contributed by atoms with Crippen LogP contribution >= 0.6 is 23.4 Å². The van der Waals surface area contributed by atoms with E-state index in [4.69, 9.17) is 16.3 Å². The molecule has 3 rings (SSSR count). The summed E-state index contributed by atoms with van der Waals surface area (Å²) in [5.74, 6) is 0.613. The lowest BCUT2D eigenvalue weighted by Crippen LogP contribution is -2.41. The third kappa shape index (κ3) is 7.38. The van der Waals surface area contributed by atoms with Crippen molar-refractivity contribution in [1.82, 2.24) is 5.32 Å². The minimum atomic E-state index is -4.02. The molecule has 0 radical (unpaired) electrons. The van der Waals surface area contributed by atoms with Gasteiger partial charge >= 0.3 is 0 Å². The zero-order chi connectivity index (χ0) is 26.1. The summed E-state index contributed by atoms with van der Waals surface area (Å²) >= 11 is 7.46. The van der Waals surface area contributed by atoms with Crippen LogP contribution in [0.15, 0.2) is 71.6 Å². The van der Waals surface area contributed by atoms with Gasteiger partial charge in [0.05, 0.1) is 17.2 Å². The minimum absolute atomic E-state index is 0.0525. The molecule has 192 valence electrons. The Morgan fingerprint density at radius 3 is 2.42 bits per heavy atom. The highest BCUT2D eigenvalue weighted by Crippen LogP contribution is 2.26. The van der Waals surface area contributed by atoms with E-state index < -0.39 is 15.9 Å². The highest BCUT2D eigenvalue weighted by molar-refractivity contribution is 7.98. The van der Waals surface area contributed by atoms with Crippen molar-refractivity contribution in [3.8, 4) is 5.75 Å². The number of amides is 1.